The van der Waals surface area contributed by atoms with Gasteiger partial charge in [0.2, 0.25) is 0 Å². The van der Waals surface area contributed by atoms with Crippen molar-refractivity contribution in [2.24, 2.45) is 0 Å². The van der Waals surface area contributed by atoms with Crippen molar-refractivity contribution in [2.45, 2.75) is 25.4 Å². The fraction of sp³-hybridized carbons (Fsp3) is 0.308. The second-order valence-corrected chi connectivity index (χ2v) is 8.73. The van der Waals surface area contributed by atoms with Crippen LogP contribution in [0.5, 0.6) is 0 Å². The molecule has 0 aliphatic carbocycles. The van der Waals surface area contributed by atoms with E-state index in [1.165, 1.54) is 33.2 Å². The first-order valence-corrected chi connectivity index (χ1v) is 11.7. The SMILES string of the molecule is O=c1c2cc([N+](=O)[O-])ccc2cnn1CCCCN1CCNCC1c1cccc2ccccc12. The summed E-state index contributed by atoms with van der Waals surface area (Å²) >= 11 is 0. The Morgan fingerprint density at radius 2 is 1.82 bits per heavy atom. The maximum Gasteiger partial charge on any atom is 0.274 e. The first-order chi connectivity index (χ1) is 16.6. The number of aromatic nitrogens is 2. The highest BCUT2D eigenvalue weighted by molar-refractivity contribution is 5.86. The molecule has 34 heavy (non-hydrogen) atoms. The molecule has 2 heterocycles. The Hall–Kier alpha value is -3.62. The van der Waals surface area contributed by atoms with E-state index >= 15 is 0 Å². The molecular formula is C26H27N5O3. The Kier molecular flexibility index (Phi) is 6.33. The topological polar surface area (TPSA) is 93.3 Å². The Bertz CT molecular complexity index is 1400. The summed E-state index contributed by atoms with van der Waals surface area (Å²) in [6, 6.07) is 19.6. The number of hydrogen-bond donors (Lipinski definition) is 1. The highest BCUT2D eigenvalue weighted by Crippen LogP contribution is 2.29. The van der Waals surface area contributed by atoms with Crippen molar-refractivity contribution in [2.75, 3.05) is 26.2 Å². The van der Waals surface area contributed by atoms with Gasteiger partial charge in [0.25, 0.3) is 11.2 Å². The minimum Gasteiger partial charge on any atom is -0.314 e. The van der Waals surface area contributed by atoms with Crippen LogP contribution in [0.3, 0.4) is 0 Å². The fourth-order valence-corrected chi connectivity index (χ4v) is 4.88. The average molecular weight is 458 g/mol. The zero-order valence-corrected chi connectivity index (χ0v) is 18.9. The summed E-state index contributed by atoms with van der Waals surface area (Å²) in [5.41, 5.74) is 0.983. The average Bonchev–Trinajstić information content (AvgIpc) is 2.87. The summed E-state index contributed by atoms with van der Waals surface area (Å²) in [5, 5.41) is 22.4. The lowest BCUT2D eigenvalue weighted by molar-refractivity contribution is -0.384. The predicted molar refractivity (Wildman–Crippen MR) is 133 cm³/mol. The van der Waals surface area contributed by atoms with Crippen LogP contribution in [0.25, 0.3) is 21.5 Å². The van der Waals surface area contributed by atoms with Crippen LogP contribution in [-0.2, 0) is 6.54 Å². The molecule has 1 atom stereocenters. The summed E-state index contributed by atoms with van der Waals surface area (Å²) in [6.45, 7) is 4.28. The van der Waals surface area contributed by atoms with Crippen LogP contribution in [0.2, 0.25) is 0 Å². The molecule has 3 aromatic carbocycles. The number of nitro groups is 1. The fourth-order valence-electron chi connectivity index (χ4n) is 4.88. The van der Waals surface area contributed by atoms with Gasteiger partial charge in [-0.2, -0.15) is 5.10 Å². The molecule has 174 valence electrons. The first kappa shape index (κ1) is 22.2. The van der Waals surface area contributed by atoms with Gasteiger partial charge < -0.3 is 5.32 Å². The van der Waals surface area contributed by atoms with E-state index in [1.54, 1.807) is 12.3 Å². The molecule has 0 spiro atoms. The van der Waals surface area contributed by atoms with Crippen molar-refractivity contribution in [3.63, 3.8) is 0 Å². The molecule has 1 saturated heterocycles. The quantitative estimate of drug-likeness (QED) is 0.257. The van der Waals surface area contributed by atoms with E-state index in [1.807, 2.05) is 0 Å². The number of hydrogen-bond acceptors (Lipinski definition) is 6. The minimum atomic E-state index is -0.483. The van der Waals surface area contributed by atoms with Gasteiger partial charge in [0.15, 0.2) is 0 Å². The third-order valence-electron chi connectivity index (χ3n) is 6.65. The van der Waals surface area contributed by atoms with Gasteiger partial charge in [-0.05, 0) is 41.8 Å². The van der Waals surface area contributed by atoms with E-state index in [4.69, 9.17) is 0 Å². The van der Waals surface area contributed by atoms with Gasteiger partial charge in [-0.3, -0.25) is 19.8 Å². The summed E-state index contributed by atoms with van der Waals surface area (Å²) in [4.78, 5) is 25.9. The maximum atomic E-state index is 12.8. The van der Waals surface area contributed by atoms with Gasteiger partial charge >= 0.3 is 0 Å². The smallest absolute Gasteiger partial charge is 0.274 e. The summed E-state index contributed by atoms with van der Waals surface area (Å²) < 4.78 is 1.42. The van der Waals surface area contributed by atoms with Crippen molar-refractivity contribution in [1.82, 2.24) is 20.0 Å². The van der Waals surface area contributed by atoms with Crippen LogP contribution in [0.4, 0.5) is 5.69 Å². The third-order valence-corrected chi connectivity index (χ3v) is 6.65. The van der Waals surface area contributed by atoms with Gasteiger partial charge in [0.05, 0.1) is 16.5 Å². The molecule has 1 unspecified atom stereocenters. The zero-order valence-electron chi connectivity index (χ0n) is 18.9. The molecule has 4 aromatic rings. The summed E-state index contributed by atoms with van der Waals surface area (Å²) in [5.74, 6) is 0. The van der Waals surface area contributed by atoms with Crippen molar-refractivity contribution < 1.29 is 4.92 Å². The molecule has 1 aromatic heterocycles. The van der Waals surface area contributed by atoms with Crippen LogP contribution in [0.1, 0.15) is 24.4 Å². The lowest BCUT2D eigenvalue weighted by Crippen LogP contribution is -2.46. The van der Waals surface area contributed by atoms with Crippen LogP contribution < -0.4 is 10.9 Å². The predicted octanol–water partition coefficient (Wildman–Crippen LogP) is 3.88. The molecule has 0 radical (unpaired) electrons. The van der Waals surface area contributed by atoms with Gasteiger partial charge in [-0.1, -0.05) is 42.5 Å². The molecule has 1 N–H and O–H groups in total. The first-order valence-electron chi connectivity index (χ1n) is 11.7. The number of piperazine rings is 1. The van der Waals surface area contributed by atoms with Crippen LogP contribution in [0, 0.1) is 10.1 Å². The molecule has 1 aliphatic heterocycles. The van der Waals surface area contributed by atoms with Gasteiger partial charge in [0.1, 0.15) is 0 Å². The van der Waals surface area contributed by atoms with E-state index in [0.717, 1.165) is 39.0 Å². The zero-order chi connectivity index (χ0) is 23.5. The van der Waals surface area contributed by atoms with Gasteiger partial charge in [-0.15, -0.1) is 0 Å². The number of nitrogens with zero attached hydrogens (tertiary/aromatic N) is 4. The highest BCUT2D eigenvalue weighted by atomic mass is 16.6. The van der Waals surface area contributed by atoms with E-state index in [9.17, 15) is 14.9 Å². The normalized spacial score (nSPS) is 16.8. The van der Waals surface area contributed by atoms with Crippen molar-refractivity contribution in [3.05, 3.63) is 92.9 Å². The number of fused-ring (bicyclic) bond motifs is 2. The maximum absolute atomic E-state index is 12.8. The molecule has 0 amide bonds. The largest absolute Gasteiger partial charge is 0.314 e. The minimum absolute atomic E-state index is 0.0828. The van der Waals surface area contributed by atoms with E-state index in [-0.39, 0.29) is 11.2 Å². The number of aryl methyl sites for hydroxylation is 1. The lowest BCUT2D eigenvalue weighted by Gasteiger charge is -2.37. The van der Waals surface area contributed by atoms with Crippen LogP contribution in [0.15, 0.2) is 71.7 Å². The molecule has 1 aliphatic rings. The van der Waals surface area contributed by atoms with Crippen LogP contribution >= 0.6 is 0 Å². The lowest BCUT2D eigenvalue weighted by atomic mass is 9.96. The Balaban J connectivity index is 1.27. The molecular weight excluding hydrogens is 430 g/mol. The Morgan fingerprint density at radius 3 is 2.71 bits per heavy atom. The molecule has 1 fully saturated rings. The Labute approximate surface area is 197 Å². The van der Waals surface area contributed by atoms with Crippen molar-refractivity contribution >= 4 is 27.2 Å². The van der Waals surface area contributed by atoms with Crippen molar-refractivity contribution in [3.8, 4) is 0 Å². The number of rotatable bonds is 7. The third kappa shape index (κ3) is 4.42. The standard InChI is InChI=1S/C26H27N5O3/c32-26-24-16-21(31(33)34)11-10-20(24)17-28-30(26)14-4-3-13-29-15-12-27-18-25(29)23-9-5-7-19-6-1-2-8-22(19)23/h1-2,5-11,16-17,25,27H,3-4,12-15,18H2. The van der Waals surface area contributed by atoms with Gasteiger partial charge in [-0.25, -0.2) is 4.68 Å². The van der Waals surface area contributed by atoms with E-state index in [2.05, 4.69) is 57.8 Å². The van der Waals surface area contributed by atoms with Crippen LogP contribution in [-0.4, -0.2) is 45.8 Å². The molecule has 0 saturated carbocycles. The van der Waals surface area contributed by atoms with Gasteiger partial charge in [0, 0.05) is 49.7 Å². The number of nitrogens with one attached hydrogen (secondary N) is 1. The second-order valence-electron chi connectivity index (χ2n) is 8.73. The van der Waals surface area contributed by atoms with E-state index in [0.29, 0.717) is 23.4 Å². The number of nitro benzene ring substituents is 1. The number of non-ortho nitro benzene ring substituents is 1. The number of benzene rings is 3. The monoisotopic (exact) mass is 457 g/mol. The second kappa shape index (κ2) is 9.70. The van der Waals surface area contributed by atoms with E-state index < -0.39 is 4.92 Å². The molecule has 5 rings (SSSR count). The Morgan fingerprint density at radius 1 is 1.00 bits per heavy atom. The summed E-state index contributed by atoms with van der Waals surface area (Å²) in [6.07, 6.45) is 3.34. The molecule has 8 nitrogen and oxygen atoms in total. The highest BCUT2D eigenvalue weighted by Gasteiger charge is 2.24. The molecule has 0 bridgehead atoms. The molecule has 8 heteroatoms. The number of unbranched alkanes of at least 4 members (excludes halogenated alkanes) is 1. The van der Waals surface area contributed by atoms with Crippen molar-refractivity contribution in [1.29, 1.82) is 0 Å². The summed E-state index contributed by atoms with van der Waals surface area (Å²) in [7, 11) is 0.